The maximum Gasteiger partial charge on any atom is 0.249 e. The van der Waals surface area contributed by atoms with Crippen molar-refractivity contribution >= 4 is 47.2 Å². The van der Waals surface area contributed by atoms with Crippen LogP contribution in [0.4, 0.5) is 0 Å². The van der Waals surface area contributed by atoms with Crippen LogP contribution in [0, 0.1) is 0 Å². The van der Waals surface area contributed by atoms with Crippen molar-refractivity contribution in [2.24, 2.45) is 0 Å². The minimum atomic E-state index is 0.865. The molecule has 0 saturated heterocycles. The molecule has 0 fully saturated rings. The van der Waals surface area contributed by atoms with Crippen LogP contribution in [0.2, 0.25) is 0 Å². The highest BCUT2D eigenvalue weighted by Gasteiger charge is 2.25. The Balaban J connectivity index is 1.58. The summed E-state index contributed by atoms with van der Waals surface area (Å²) in [4.78, 5) is 6.98. The van der Waals surface area contributed by atoms with E-state index in [1.54, 1.807) is 0 Å². The van der Waals surface area contributed by atoms with E-state index < -0.39 is 0 Å². The van der Waals surface area contributed by atoms with Crippen molar-refractivity contribution in [3.05, 3.63) is 128 Å². The van der Waals surface area contributed by atoms with Gasteiger partial charge in [-0.2, -0.15) is 0 Å². The second-order valence-corrected chi connectivity index (χ2v) is 10.1. The molecule has 0 aliphatic rings. The van der Waals surface area contributed by atoms with Crippen LogP contribution in [0.1, 0.15) is 0 Å². The van der Waals surface area contributed by atoms with E-state index in [-0.39, 0.29) is 0 Å². The number of hydrogen-bond acceptors (Lipinski definition) is 3. The number of aromatic nitrogens is 4. The number of rotatable bonds is 4. The average molecular weight is 528 g/mol. The highest BCUT2D eigenvalue weighted by molar-refractivity contribution is 7.80. The van der Waals surface area contributed by atoms with Crippen molar-refractivity contribution in [2.45, 2.75) is 9.79 Å². The summed E-state index contributed by atoms with van der Waals surface area (Å²) < 4.78 is 6.61. The predicted octanol–water partition coefficient (Wildman–Crippen LogP) is 7.49. The minimum absolute atomic E-state index is 0.865. The Hall–Kier alpha value is -4.26. The normalized spacial score (nSPS) is 11.4. The molecule has 0 N–H and O–H groups in total. The lowest BCUT2D eigenvalue weighted by molar-refractivity contribution is -0.674. The maximum atomic E-state index is 5.18. The standard InChI is InChI=1S/C32H22N4S2/c37-30-17-9-7-15-25(30)32-33-26-20-28-22(19-29(26)35(32)23-11-3-1-4-12-23)21-34(27-16-8-10-18-31(27)38)36(28)24-13-5-2-6-14-24/h1-21,38H/p+1. The summed E-state index contributed by atoms with van der Waals surface area (Å²) in [5.41, 5.74) is 7.11. The Labute approximate surface area is 231 Å². The van der Waals surface area contributed by atoms with Gasteiger partial charge in [-0.25, -0.2) is 4.98 Å². The van der Waals surface area contributed by atoms with Crippen LogP contribution in [0.15, 0.2) is 137 Å². The van der Waals surface area contributed by atoms with E-state index in [1.165, 1.54) is 0 Å². The summed E-state index contributed by atoms with van der Waals surface area (Å²) in [6, 6.07) is 41.4. The summed E-state index contributed by atoms with van der Waals surface area (Å²) in [5, 5.41) is 1.10. The first-order chi connectivity index (χ1) is 18.7. The first-order valence-electron chi connectivity index (χ1n) is 12.4. The number of nitrogens with zero attached hydrogens (tertiary/aromatic N) is 4. The van der Waals surface area contributed by atoms with Crippen LogP contribution in [0.3, 0.4) is 0 Å². The smallest absolute Gasteiger partial charge is 0.249 e. The maximum absolute atomic E-state index is 5.18. The zero-order chi connectivity index (χ0) is 25.6. The molecule has 0 atom stereocenters. The van der Waals surface area contributed by atoms with Crippen LogP contribution in [-0.4, -0.2) is 14.2 Å². The van der Waals surface area contributed by atoms with Crippen LogP contribution in [-0.2, 0) is 0 Å². The fourth-order valence-electron chi connectivity index (χ4n) is 5.07. The molecule has 0 radical (unpaired) electrons. The molecular weight excluding hydrogens is 505 g/mol. The molecule has 5 aromatic carbocycles. The number of imidazole rings is 1. The molecule has 4 nitrogen and oxygen atoms in total. The quantitative estimate of drug-likeness (QED) is 0.180. The SMILES string of the molecule is Sc1ccccc1-c1nc2cc3c(cc2n1-c1ccccc1)c[n+](-c1ccccc1S)n3-c1ccccc1. The second kappa shape index (κ2) is 9.24. The van der Waals surface area contributed by atoms with Crippen molar-refractivity contribution in [1.29, 1.82) is 0 Å². The van der Waals surface area contributed by atoms with Crippen LogP contribution < -0.4 is 4.68 Å². The second-order valence-electron chi connectivity index (χ2n) is 9.13. The molecule has 0 aliphatic carbocycles. The Morgan fingerprint density at radius 1 is 0.605 bits per heavy atom. The highest BCUT2D eigenvalue weighted by atomic mass is 32.1. The molecule has 7 rings (SSSR count). The molecule has 7 aromatic rings. The van der Waals surface area contributed by atoms with Gasteiger partial charge in [-0.05, 0) is 48.5 Å². The van der Waals surface area contributed by atoms with E-state index in [0.29, 0.717) is 0 Å². The lowest BCUT2D eigenvalue weighted by atomic mass is 10.2. The van der Waals surface area contributed by atoms with E-state index in [4.69, 9.17) is 30.2 Å². The zero-order valence-corrected chi connectivity index (χ0v) is 22.1. The molecule has 6 heteroatoms. The predicted molar refractivity (Wildman–Crippen MR) is 159 cm³/mol. The van der Waals surface area contributed by atoms with Gasteiger partial charge >= 0.3 is 0 Å². The molecule has 2 heterocycles. The molecular formula is C32H23N4S2+. The third kappa shape index (κ3) is 3.72. The minimum Gasteiger partial charge on any atom is -0.292 e. The van der Waals surface area contributed by atoms with Gasteiger partial charge in [0.15, 0.2) is 0 Å². The summed E-state index contributed by atoms with van der Waals surface area (Å²) in [7, 11) is 0. The Morgan fingerprint density at radius 3 is 1.95 bits per heavy atom. The van der Waals surface area contributed by atoms with Gasteiger partial charge < -0.3 is 0 Å². The first kappa shape index (κ1) is 22.9. The van der Waals surface area contributed by atoms with E-state index >= 15 is 0 Å². The van der Waals surface area contributed by atoms with Gasteiger partial charge in [0, 0.05) is 22.2 Å². The summed E-state index contributed by atoms with van der Waals surface area (Å²) in [6.45, 7) is 0. The van der Waals surface area contributed by atoms with E-state index in [9.17, 15) is 0 Å². The summed E-state index contributed by atoms with van der Waals surface area (Å²) >= 11 is 9.54. The monoisotopic (exact) mass is 527 g/mol. The van der Waals surface area contributed by atoms with Crippen molar-refractivity contribution in [3.8, 4) is 28.5 Å². The fourth-order valence-corrected chi connectivity index (χ4v) is 5.59. The Morgan fingerprint density at radius 2 is 1.24 bits per heavy atom. The molecule has 0 amide bonds. The van der Waals surface area contributed by atoms with E-state index in [2.05, 4.69) is 92.9 Å². The lowest BCUT2D eigenvalue weighted by Gasteiger charge is -2.10. The van der Waals surface area contributed by atoms with Crippen molar-refractivity contribution < 1.29 is 4.68 Å². The van der Waals surface area contributed by atoms with E-state index in [1.807, 2.05) is 48.5 Å². The number of benzene rings is 5. The van der Waals surface area contributed by atoms with Gasteiger partial charge in [-0.3, -0.25) is 4.57 Å². The lowest BCUT2D eigenvalue weighted by Crippen LogP contribution is -2.39. The van der Waals surface area contributed by atoms with Crippen molar-refractivity contribution in [3.63, 3.8) is 0 Å². The molecule has 2 aromatic heterocycles. The van der Waals surface area contributed by atoms with Gasteiger partial charge in [-0.1, -0.05) is 71.4 Å². The van der Waals surface area contributed by atoms with Gasteiger partial charge in [-0.15, -0.1) is 29.9 Å². The Kier molecular flexibility index (Phi) is 5.57. The number of hydrogen-bond donors (Lipinski definition) is 2. The highest BCUT2D eigenvalue weighted by Crippen LogP contribution is 2.34. The van der Waals surface area contributed by atoms with Gasteiger partial charge in [0.2, 0.25) is 11.9 Å². The molecule has 38 heavy (non-hydrogen) atoms. The first-order valence-corrected chi connectivity index (χ1v) is 13.3. The van der Waals surface area contributed by atoms with Crippen molar-refractivity contribution in [1.82, 2.24) is 14.2 Å². The number of para-hydroxylation sites is 3. The molecule has 0 aliphatic heterocycles. The van der Waals surface area contributed by atoms with Gasteiger partial charge in [0.05, 0.1) is 21.3 Å². The van der Waals surface area contributed by atoms with E-state index in [0.717, 1.165) is 60.2 Å². The molecule has 0 saturated carbocycles. The van der Waals surface area contributed by atoms with Crippen LogP contribution in [0.25, 0.3) is 50.4 Å². The third-order valence-corrected chi connectivity index (χ3v) is 7.56. The molecule has 0 spiro atoms. The average Bonchev–Trinajstić information content (AvgIpc) is 3.51. The third-order valence-electron chi connectivity index (χ3n) is 6.80. The summed E-state index contributed by atoms with van der Waals surface area (Å²) in [5.74, 6) is 0.865. The molecule has 0 unspecified atom stereocenters. The molecule has 182 valence electrons. The van der Waals surface area contributed by atoms with Gasteiger partial charge in [0.25, 0.3) is 0 Å². The van der Waals surface area contributed by atoms with Gasteiger partial charge in [0.1, 0.15) is 17.0 Å². The van der Waals surface area contributed by atoms with Crippen LogP contribution in [0.5, 0.6) is 0 Å². The van der Waals surface area contributed by atoms with Crippen LogP contribution >= 0.6 is 25.3 Å². The molecule has 0 bridgehead atoms. The fraction of sp³-hybridized carbons (Fsp3) is 0. The summed E-state index contributed by atoms with van der Waals surface area (Å²) in [6.07, 6.45) is 2.17. The topological polar surface area (TPSA) is 26.6 Å². The Bertz CT molecular complexity index is 1800. The number of thiol groups is 2. The zero-order valence-electron chi connectivity index (χ0n) is 20.3. The largest absolute Gasteiger partial charge is 0.292 e. The van der Waals surface area contributed by atoms with Crippen molar-refractivity contribution in [2.75, 3.05) is 0 Å². The number of fused-ring (bicyclic) bond motifs is 2.